The third-order valence-corrected chi connectivity index (χ3v) is 5.22. The van der Waals surface area contributed by atoms with Gasteiger partial charge in [0.05, 0.1) is 6.61 Å². The lowest BCUT2D eigenvalue weighted by molar-refractivity contribution is -0.139. The zero-order chi connectivity index (χ0) is 19.5. The Morgan fingerprint density at radius 1 is 0.769 bits per heavy atom. The van der Waals surface area contributed by atoms with Gasteiger partial charge in [-0.25, -0.2) is 4.79 Å². The minimum absolute atomic E-state index is 0.254. The maximum absolute atomic E-state index is 11.2. The van der Waals surface area contributed by atoms with E-state index in [1.807, 2.05) is 0 Å². The van der Waals surface area contributed by atoms with Crippen LogP contribution >= 0.6 is 0 Å². The van der Waals surface area contributed by atoms with Crippen molar-refractivity contribution in [2.45, 2.75) is 124 Å². The normalized spacial score (nSPS) is 12.1. The van der Waals surface area contributed by atoms with Crippen LogP contribution in [0.25, 0.3) is 0 Å². The monoisotopic (exact) mass is 366 g/mol. The molecule has 0 aliphatic heterocycles. The lowest BCUT2D eigenvalue weighted by atomic mass is 9.97. The predicted octanol–water partition coefficient (Wildman–Crippen LogP) is 8.00. The van der Waals surface area contributed by atoms with Crippen LogP contribution in [0.4, 0.5) is 0 Å². The fourth-order valence-corrected chi connectivity index (χ4v) is 3.35. The number of unbranched alkanes of at least 4 members (excludes halogenated alkanes) is 12. The van der Waals surface area contributed by atoms with Crippen molar-refractivity contribution in [2.75, 3.05) is 6.61 Å². The first-order valence-electron chi connectivity index (χ1n) is 11.4. The molecule has 0 bridgehead atoms. The summed E-state index contributed by atoms with van der Waals surface area (Å²) in [5.74, 6) is 0.684. The van der Waals surface area contributed by atoms with Gasteiger partial charge in [-0.2, -0.15) is 0 Å². The van der Waals surface area contributed by atoms with E-state index in [0.717, 1.165) is 12.3 Å². The van der Waals surface area contributed by atoms with E-state index in [9.17, 15) is 4.79 Å². The lowest BCUT2D eigenvalue weighted by Crippen LogP contribution is -2.05. The topological polar surface area (TPSA) is 26.3 Å². The molecule has 0 N–H and O–H groups in total. The summed E-state index contributed by atoms with van der Waals surface area (Å²) in [5.41, 5.74) is 0.492. The molecule has 0 radical (unpaired) electrons. The number of hydrogen-bond acceptors (Lipinski definition) is 2. The van der Waals surface area contributed by atoms with Crippen LogP contribution in [0, 0.1) is 5.92 Å². The molecule has 0 aliphatic carbocycles. The number of carbonyl (C=O) groups is 1. The van der Waals surface area contributed by atoms with Crippen LogP contribution in [-0.4, -0.2) is 12.6 Å². The van der Waals surface area contributed by atoms with Gasteiger partial charge in [-0.15, -0.1) is 0 Å². The van der Waals surface area contributed by atoms with Gasteiger partial charge in [0.1, 0.15) is 0 Å². The second-order valence-corrected chi connectivity index (χ2v) is 8.19. The summed E-state index contributed by atoms with van der Waals surface area (Å²) in [6.45, 7) is 10.5. The molecule has 0 aromatic carbocycles. The summed E-state index contributed by atoms with van der Waals surface area (Å²) in [6.07, 6.45) is 21.7. The molecule has 26 heavy (non-hydrogen) atoms. The van der Waals surface area contributed by atoms with Gasteiger partial charge in [-0.1, -0.05) is 117 Å². The fraction of sp³-hybridized carbons (Fsp3) is 0.875. The van der Waals surface area contributed by atoms with Crippen molar-refractivity contribution in [1.82, 2.24) is 0 Å². The predicted molar refractivity (Wildman–Crippen MR) is 114 cm³/mol. The number of esters is 1. The second-order valence-electron chi connectivity index (χ2n) is 8.19. The van der Waals surface area contributed by atoms with E-state index < -0.39 is 0 Å². The molecular weight excluding hydrogens is 320 g/mol. The Balaban J connectivity index is 3.13. The first-order valence-corrected chi connectivity index (χ1v) is 11.4. The molecule has 2 nitrogen and oxygen atoms in total. The van der Waals surface area contributed by atoms with Gasteiger partial charge in [0.2, 0.25) is 0 Å². The molecule has 0 saturated heterocycles. The van der Waals surface area contributed by atoms with Crippen LogP contribution in [0.1, 0.15) is 124 Å². The van der Waals surface area contributed by atoms with Crippen molar-refractivity contribution >= 4 is 5.97 Å². The molecule has 1 atom stereocenters. The largest absolute Gasteiger partial charge is 0.462 e. The maximum Gasteiger partial charge on any atom is 0.333 e. The van der Waals surface area contributed by atoms with Crippen LogP contribution in [0.3, 0.4) is 0 Å². The fourth-order valence-electron chi connectivity index (χ4n) is 3.35. The zero-order valence-corrected chi connectivity index (χ0v) is 18.1. The van der Waals surface area contributed by atoms with Gasteiger partial charge >= 0.3 is 5.97 Å². The Labute approximate surface area is 164 Å². The molecule has 0 heterocycles. The van der Waals surface area contributed by atoms with Gasteiger partial charge in [0.25, 0.3) is 0 Å². The zero-order valence-electron chi connectivity index (χ0n) is 18.1. The van der Waals surface area contributed by atoms with Crippen LogP contribution in [0.15, 0.2) is 12.2 Å². The van der Waals surface area contributed by atoms with Crippen molar-refractivity contribution in [1.29, 1.82) is 0 Å². The van der Waals surface area contributed by atoms with Crippen molar-refractivity contribution in [3.63, 3.8) is 0 Å². The van der Waals surface area contributed by atoms with Gasteiger partial charge in [-0.05, 0) is 19.3 Å². The molecule has 0 rings (SSSR count). The van der Waals surface area contributed by atoms with E-state index in [-0.39, 0.29) is 5.97 Å². The summed E-state index contributed by atoms with van der Waals surface area (Å²) in [6, 6.07) is 0. The summed E-state index contributed by atoms with van der Waals surface area (Å²) in [4.78, 5) is 11.2. The molecular formula is C24H46O2. The van der Waals surface area contributed by atoms with Crippen molar-refractivity contribution in [3.8, 4) is 0 Å². The van der Waals surface area contributed by atoms with Gasteiger partial charge in [0, 0.05) is 5.57 Å². The molecule has 0 aromatic heterocycles. The quantitative estimate of drug-likeness (QED) is 0.131. The highest BCUT2D eigenvalue weighted by Crippen LogP contribution is 2.17. The number of hydrogen-bond donors (Lipinski definition) is 0. The summed E-state index contributed by atoms with van der Waals surface area (Å²) < 4.78 is 5.10. The Morgan fingerprint density at radius 3 is 1.65 bits per heavy atom. The van der Waals surface area contributed by atoms with E-state index >= 15 is 0 Å². The van der Waals surface area contributed by atoms with Crippen molar-refractivity contribution < 1.29 is 9.53 Å². The number of ether oxygens (including phenoxy) is 1. The molecule has 1 unspecified atom stereocenters. The number of rotatable bonds is 19. The molecule has 0 aliphatic rings. The summed E-state index contributed by atoms with van der Waals surface area (Å²) in [7, 11) is 0. The second kappa shape index (κ2) is 19.0. The Hall–Kier alpha value is -0.790. The lowest BCUT2D eigenvalue weighted by Gasteiger charge is -2.10. The average molecular weight is 367 g/mol. The van der Waals surface area contributed by atoms with E-state index in [1.165, 1.54) is 96.3 Å². The Bertz CT molecular complexity index is 335. The average Bonchev–Trinajstić information content (AvgIpc) is 2.62. The summed E-state index contributed by atoms with van der Waals surface area (Å²) in [5, 5.41) is 0. The third-order valence-electron chi connectivity index (χ3n) is 5.22. The maximum atomic E-state index is 11.2. The molecule has 0 spiro atoms. The van der Waals surface area contributed by atoms with Crippen LogP contribution < -0.4 is 0 Å². The molecule has 154 valence electrons. The first-order chi connectivity index (χ1) is 12.6. The highest BCUT2D eigenvalue weighted by atomic mass is 16.5. The van der Waals surface area contributed by atoms with E-state index in [4.69, 9.17) is 4.74 Å². The molecule has 0 amide bonds. The standard InChI is InChI=1S/C24H46O2/c1-5-6-19-23(4)20-17-15-13-11-9-7-8-10-12-14-16-18-21-26-24(25)22(2)3/h23H,2,5-21H2,1,3-4H3. The minimum atomic E-state index is -0.254. The van der Waals surface area contributed by atoms with Crippen LogP contribution in [0.2, 0.25) is 0 Å². The van der Waals surface area contributed by atoms with E-state index in [2.05, 4.69) is 20.4 Å². The first kappa shape index (κ1) is 25.2. The smallest absolute Gasteiger partial charge is 0.333 e. The highest BCUT2D eigenvalue weighted by molar-refractivity contribution is 5.86. The molecule has 0 fully saturated rings. The highest BCUT2D eigenvalue weighted by Gasteiger charge is 2.02. The van der Waals surface area contributed by atoms with Crippen molar-refractivity contribution in [2.24, 2.45) is 5.92 Å². The van der Waals surface area contributed by atoms with Gasteiger partial charge in [0.15, 0.2) is 0 Å². The molecule has 0 saturated carbocycles. The van der Waals surface area contributed by atoms with Crippen molar-refractivity contribution in [3.05, 3.63) is 12.2 Å². The number of carbonyl (C=O) groups excluding carboxylic acids is 1. The van der Waals surface area contributed by atoms with Crippen LogP contribution in [-0.2, 0) is 9.53 Å². The Morgan fingerprint density at radius 2 is 1.19 bits per heavy atom. The molecule has 2 heteroatoms. The minimum Gasteiger partial charge on any atom is -0.462 e. The summed E-state index contributed by atoms with van der Waals surface area (Å²) >= 11 is 0. The van der Waals surface area contributed by atoms with Gasteiger partial charge in [-0.3, -0.25) is 0 Å². The third kappa shape index (κ3) is 18.0. The molecule has 0 aromatic rings. The van der Waals surface area contributed by atoms with Crippen LogP contribution in [0.5, 0.6) is 0 Å². The SMILES string of the molecule is C=C(C)C(=O)OCCCCCCCCCCCCCCC(C)CCCC. The van der Waals surface area contributed by atoms with E-state index in [1.54, 1.807) is 6.92 Å². The van der Waals surface area contributed by atoms with E-state index in [0.29, 0.717) is 12.2 Å². The Kier molecular flexibility index (Phi) is 18.4. The van der Waals surface area contributed by atoms with Gasteiger partial charge < -0.3 is 4.74 Å².